The number of hydrogen-bond acceptors (Lipinski definition) is 4. The van der Waals surface area contributed by atoms with Crippen LogP contribution in [0.2, 0.25) is 0 Å². The summed E-state index contributed by atoms with van der Waals surface area (Å²) in [5, 5.41) is 12.2. The molecule has 1 aliphatic rings. The number of para-hydroxylation sites is 1. The molecule has 0 aliphatic carbocycles. The maximum Gasteiger partial charge on any atom is 0.269 e. The number of carbonyl (C=O) groups is 2. The fraction of sp³-hybridized carbons (Fsp3) is 0.148. The van der Waals surface area contributed by atoms with Gasteiger partial charge in [-0.1, -0.05) is 54.2 Å². The molecule has 1 N–H and O–H groups in total. The van der Waals surface area contributed by atoms with Crippen molar-refractivity contribution in [2.24, 2.45) is 0 Å². The van der Waals surface area contributed by atoms with Gasteiger partial charge in [0.05, 0.1) is 5.25 Å². The summed E-state index contributed by atoms with van der Waals surface area (Å²) in [4.78, 5) is 28.0. The highest BCUT2D eigenvalue weighted by Crippen LogP contribution is 2.42. The number of halogens is 1. The summed E-state index contributed by atoms with van der Waals surface area (Å²) >= 11 is 1.11. The summed E-state index contributed by atoms with van der Waals surface area (Å²) < 4.78 is 14.3. The number of rotatable bonds is 5. The van der Waals surface area contributed by atoms with Crippen LogP contribution in [0.3, 0.4) is 0 Å². The lowest BCUT2D eigenvalue weighted by Gasteiger charge is -2.20. The maximum atomic E-state index is 14.3. The molecule has 1 aliphatic heterocycles. The molecule has 3 aromatic rings. The van der Waals surface area contributed by atoms with Gasteiger partial charge in [-0.15, -0.1) is 0 Å². The van der Waals surface area contributed by atoms with E-state index in [1.165, 1.54) is 11.0 Å². The lowest BCUT2D eigenvalue weighted by Crippen LogP contribution is -2.31. The highest BCUT2D eigenvalue weighted by atomic mass is 32.2. The molecule has 170 valence electrons. The Labute approximate surface area is 201 Å². The second-order valence-electron chi connectivity index (χ2n) is 7.96. The monoisotopic (exact) mass is 471 g/mol. The predicted octanol–water partition coefficient (Wildman–Crippen LogP) is 5.51. The first-order valence-electron chi connectivity index (χ1n) is 10.7. The van der Waals surface area contributed by atoms with Crippen LogP contribution >= 0.6 is 11.8 Å². The topological polar surface area (TPSA) is 73.2 Å². The molecule has 2 amide bonds. The number of aryl methyl sites for hydroxylation is 2. The van der Waals surface area contributed by atoms with Crippen LogP contribution in [-0.4, -0.2) is 17.1 Å². The van der Waals surface area contributed by atoms with Gasteiger partial charge >= 0.3 is 0 Å². The molecular weight excluding hydrogens is 449 g/mol. The van der Waals surface area contributed by atoms with E-state index in [9.17, 15) is 19.2 Å². The standard InChI is InChI=1S/C27H22FN3O2S/c1-17-12-13-21(14-18(17)2)31-26(33)24(15-19-8-6-7-11-23(19)28)34-27(31)22(16-29)25(32)30-20-9-4-3-5-10-20/h3-14,24H,15H2,1-2H3,(H,30,32)/b27-22-. The lowest BCUT2D eigenvalue weighted by atomic mass is 10.1. The summed E-state index contributed by atoms with van der Waals surface area (Å²) in [6.07, 6.45) is 0.139. The van der Waals surface area contributed by atoms with Crippen molar-refractivity contribution in [2.75, 3.05) is 10.2 Å². The molecule has 0 radical (unpaired) electrons. The van der Waals surface area contributed by atoms with E-state index in [-0.39, 0.29) is 22.9 Å². The predicted molar refractivity (Wildman–Crippen MR) is 133 cm³/mol. The van der Waals surface area contributed by atoms with E-state index in [0.717, 1.165) is 22.9 Å². The first-order chi connectivity index (χ1) is 16.4. The van der Waals surface area contributed by atoms with E-state index < -0.39 is 17.0 Å². The number of hydrogen-bond donors (Lipinski definition) is 1. The Morgan fingerprint density at radius 3 is 2.44 bits per heavy atom. The molecule has 0 bridgehead atoms. The summed E-state index contributed by atoms with van der Waals surface area (Å²) in [7, 11) is 0. The lowest BCUT2D eigenvalue weighted by molar-refractivity contribution is -0.117. The van der Waals surface area contributed by atoms with Gasteiger partial charge in [0, 0.05) is 11.4 Å². The van der Waals surface area contributed by atoms with Gasteiger partial charge < -0.3 is 5.32 Å². The molecule has 34 heavy (non-hydrogen) atoms. The average molecular weight is 472 g/mol. The number of anilines is 2. The fourth-order valence-corrected chi connectivity index (χ4v) is 4.96. The van der Waals surface area contributed by atoms with Crippen LogP contribution in [0.5, 0.6) is 0 Å². The van der Waals surface area contributed by atoms with Crippen LogP contribution in [0.4, 0.5) is 15.8 Å². The summed E-state index contributed by atoms with van der Waals surface area (Å²) in [6, 6.07) is 22.6. The Hall–Kier alpha value is -3.89. The zero-order valence-electron chi connectivity index (χ0n) is 18.7. The van der Waals surface area contributed by atoms with Crippen LogP contribution in [0, 0.1) is 31.0 Å². The molecule has 1 unspecified atom stereocenters. The molecule has 5 nitrogen and oxygen atoms in total. The van der Waals surface area contributed by atoms with Crippen molar-refractivity contribution >= 4 is 35.0 Å². The fourth-order valence-electron chi connectivity index (χ4n) is 3.67. The average Bonchev–Trinajstić information content (AvgIpc) is 3.14. The van der Waals surface area contributed by atoms with Gasteiger partial charge in [-0.25, -0.2) is 4.39 Å². The van der Waals surface area contributed by atoms with Crippen molar-refractivity contribution in [1.82, 2.24) is 0 Å². The van der Waals surface area contributed by atoms with E-state index in [1.54, 1.807) is 48.5 Å². The molecule has 0 aromatic heterocycles. The normalized spacial score (nSPS) is 16.8. The molecule has 0 spiro atoms. The SMILES string of the molecule is Cc1ccc(N2C(=O)C(Cc3ccccc3F)S/C2=C(/C#N)C(=O)Nc2ccccc2)cc1C. The van der Waals surface area contributed by atoms with Gasteiger partial charge in [-0.05, 0) is 67.3 Å². The van der Waals surface area contributed by atoms with E-state index in [0.29, 0.717) is 16.9 Å². The van der Waals surface area contributed by atoms with Gasteiger partial charge in [0.25, 0.3) is 5.91 Å². The van der Waals surface area contributed by atoms with Gasteiger partial charge in [-0.2, -0.15) is 5.26 Å². The zero-order valence-corrected chi connectivity index (χ0v) is 19.5. The number of thioether (sulfide) groups is 1. The molecule has 7 heteroatoms. The van der Waals surface area contributed by atoms with Crippen molar-refractivity contribution in [2.45, 2.75) is 25.5 Å². The smallest absolute Gasteiger partial charge is 0.269 e. The third kappa shape index (κ3) is 4.73. The van der Waals surface area contributed by atoms with Crippen LogP contribution in [0.1, 0.15) is 16.7 Å². The van der Waals surface area contributed by atoms with E-state index >= 15 is 0 Å². The number of amides is 2. The number of carbonyl (C=O) groups excluding carboxylic acids is 2. The maximum absolute atomic E-state index is 14.3. The third-order valence-corrected chi connectivity index (χ3v) is 6.91. The third-order valence-electron chi connectivity index (χ3n) is 5.65. The molecule has 0 saturated carbocycles. The van der Waals surface area contributed by atoms with E-state index in [4.69, 9.17) is 0 Å². The minimum Gasteiger partial charge on any atom is -0.321 e. The summed E-state index contributed by atoms with van der Waals surface area (Å²) in [6.45, 7) is 3.89. The van der Waals surface area contributed by atoms with Crippen LogP contribution in [-0.2, 0) is 16.0 Å². The zero-order chi connectivity index (χ0) is 24.2. The van der Waals surface area contributed by atoms with Crippen molar-refractivity contribution in [3.63, 3.8) is 0 Å². The first-order valence-corrected chi connectivity index (χ1v) is 11.6. The number of benzene rings is 3. The Morgan fingerprint density at radius 1 is 1.06 bits per heavy atom. The Kier molecular flexibility index (Phi) is 6.80. The molecule has 1 saturated heterocycles. The number of nitrogens with one attached hydrogen (secondary N) is 1. The van der Waals surface area contributed by atoms with Crippen molar-refractivity contribution in [1.29, 1.82) is 5.26 Å². The molecular formula is C27H22FN3O2S. The van der Waals surface area contributed by atoms with Gasteiger partial charge in [-0.3, -0.25) is 14.5 Å². The second kappa shape index (κ2) is 9.94. The summed E-state index contributed by atoms with van der Waals surface area (Å²) in [5.41, 5.74) is 3.36. The first kappa shape index (κ1) is 23.3. The van der Waals surface area contributed by atoms with Gasteiger partial charge in [0.1, 0.15) is 22.5 Å². The Balaban J connectivity index is 1.76. The van der Waals surface area contributed by atoms with Crippen molar-refractivity contribution in [3.05, 3.63) is 106 Å². The quantitative estimate of drug-likeness (QED) is 0.394. The molecule has 4 rings (SSSR count). The van der Waals surface area contributed by atoms with Crippen molar-refractivity contribution in [3.8, 4) is 6.07 Å². The molecule has 1 atom stereocenters. The van der Waals surface area contributed by atoms with Crippen LogP contribution in [0.15, 0.2) is 83.4 Å². The van der Waals surface area contributed by atoms with E-state index in [1.807, 2.05) is 38.1 Å². The Morgan fingerprint density at radius 2 is 1.76 bits per heavy atom. The molecule has 1 heterocycles. The van der Waals surface area contributed by atoms with Gasteiger partial charge in [0.2, 0.25) is 5.91 Å². The van der Waals surface area contributed by atoms with E-state index in [2.05, 4.69) is 5.32 Å². The second-order valence-corrected chi connectivity index (χ2v) is 9.15. The number of nitriles is 1. The highest BCUT2D eigenvalue weighted by molar-refractivity contribution is 8.05. The minimum absolute atomic E-state index is 0.139. The molecule has 1 fully saturated rings. The minimum atomic E-state index is -0.679. The highest BCUT2D eigenvalue weighted by Gasteiger charge is 2.41. The largest absolute Gasteiger partial charge is 0.321 e. The van der Waals surface area contributed by atoms with Crippen molar-refractivity contribution < 1.29 is 14.0 Å². The number of nitrogens with zero attached hydrogens (tertiary/aromatic N) is 2. The van der Waals surface area contributed by atoms with Crippen LogP contribution < -0.4 is 10.2 Å². The summed E-state index contributed by atoms with van der Waals surface area (Å²) in [5.74, 6) is -1.30. The van der Waals surface area contributed by atoms with Gasteiger partial charge in [0.15, 0.2) is 0 Å². The Bertz CT molecular complexity index is 1330. The van der Waals surface area contributed by atoms with Crippen LogP contribution in [0.25, 0.3) is 0 Å². The molecule has 3 aromatic carbocycles.